The van der Waals surface area contributed by atoms with Crippen LogP contribution in [0.4, 0.5) is 0 Å². The van der Waals surface area contributed by atoms with Crippen LogP contribution in [0, 0.1) is 0 Å². The Morgan fingerprint density at radius 1 is 0.784 bits per heavy atom. The number of ketones is 1. The smallest absolute Gasteiger partial charge is 0.305 e. The van der Waals surface area contributed by atoms with Crippen LogP contribution < -0.4 is 5.32 Å². The number of hydrogen-bond donors (Lipinski definition) is 1. The van der Waals surface area contributed by atoms with Crippen molar-refractivity contribution in [1.29, 1.82) is 0 Å². The summed E-state index contributed by atoms with van der Waals surface area (Å²) in [5.41, 5.74) is 4.80. The fraction of sp³-hybridized carbons (Fsp3) is 0.483. The standard InChI is InChI=1S/C29H37NO7/c1-2-34-19-22(31)9-7-15-30-28(32)21-36-18-17-35-16-8-14-29(33)37-20-27-25-12-5-3-10-23(25)24-11-4-6-13-26(24)27/h3-6,10-13,27H,2,7-9,14-21H2,1H3,(H,30,32). The molecule has 0 spiro atoms. The van der Waals surface area contributed by atoms with Crippen LogP contribution in [0.2, 0.25) is 0 Å². The first kappa shape index (κ1) is 28.5. The molecule has 3 rings (SSSR count). The van der Waals surface area contributed by atoms with Gasteiger partial charge in [-0.05, 0) is 42.0 Å². The number of carbonyl (C=O) groups is 3. The van der Waals surface area contributed by atoms with Gasteiger partial charge in [0.15, 0.2) is 5.78 Å². The van der Waals surface area contributed by atoms with Crippen molar-refractivity contribution in [3.8, 4) is 11.1 Å². The van der Waals surface area contributed by atoms with Crippen LogP contribution in [0.25, 0.3) is 11.1 Å². The molecular weight excluding hydrogens is 474 g/mol. The van der Waals surface area contributed by atoms with Gasteiger partial charge in [-0.15, -0.1) is 0 Å². The van der Waals surface area contributed by atoms with Crippen molar-refractivity contribution in [2.45, 2.75) is 38.5 Å². The topological polar surface area (TPSA) is 100 Å². The molecule has 8 nitrogen and oxygen atoms in total. The quantitative estimate of drug-likeness (QED) is 0.241. The van der Waals surface area contributed by atoms with E-state index in [0.717, 1.165) is 0 Å². The third-order valence-corrected chi connectivity index (χ3v) is 6.07. The molecule has 2 aromatic carbocycles. The highest BCUT2D eigenvalue weighted by Gasteiger charge is 2.28. The molecule has 0 unspecified atom stereocenters. The minimum atomic E-state index is -0.238. The largest absolute Gasteiger partial charge is 0.465 e. The van der Waals surface area contributed by atoms with E-state index in [1.165, 1.54) is 22.3 Å². The Kier molecular flexibility index (Phi) is 12.3. The SMILES string of the molecule is CCOCC(=O)CCCNC(=O)COCCOCCCC(=O)OCC1c2ccccc2-c2ccccc21. The van der Waals surface area contributed by atoms with Crippen LogP contribution in [0.3, 0.4) is 0 Å². The maximum atomic E-state index is 12.3. The van der Waals surface area contributed by atoms with Crippen molar-refractivity contribution < 1.29 is 33.3 Å². The molecule has 8 heteroatoms. The molecule has 0 atom stereocenters. The Bertz CT molecular complexity index is 977. The van der Waals surface area contributed by atoms with Crippen molar-refractivity contribution in [2.24, 2.45) is 0 Å². The molecule has 0 saturated heterocycles. The summed E-state index contributed by atoms with van der Waals surface area (Å²) < 4.78 is 21.4. The lowest BCUT2D eigenvalue weighted by Gasteiger charge is -2.14. The highest BCUT2D eigenvalue weighted by atomic mass is 16.5. The molecule has 0 aromatic heterocycles. The van der Waals surface area contributed by atoms with Gasteiger partial charge in [-0.1, -0.05) is 48.5 Å². The van der Waals surface area contributed by atoms with Crippen molar-refractivity contribution in [3.05, 3.63) is 59.7 Å². The van der Waals surface area contributed by atoms with Gasteiger partial charge in [0.05, 0.1) is 13.2 Å². The normalized spacial score (nSPS) is 12.1. The van der Waals surface area contributed by atoms with Crippen LogP contribution >= 0.6 is 0 Å². The third kappa shape index (κ3) is 9.39. The summed E-state index contributed by atoms with van der Waals surface area (Å²) in [5.74, 6) is -0.376. The van der Waals surface area contributed by atoms with Gasteiger partial charge in [0.1, 0.15) is 19.8 Å². The zero-order valence-electron chi connectivity index (χ0n) is 21.5. The molecule has 2 aromatic rings. The van der Waals surface area contributed by atoms with Gasteiger partial charge in [0.2, 0.25) is 5.91 Å². The summed E-state index contributed by atoms with van der Waals surface area (Å²) in [6, 6.07) is 16.5. The lowest BCUT2D eigenvalue weighted by atomic mass is 9.98. The first-order valence-electron chi connectivity index (χ1n) is 13.0. The molecule has 1 N–H and O–H groups in total. The average Bonchev–Trinajstić information content (AvgIpc) is 3.24. The summed E-state index contributed by atoms with van der Waals surface area (Å²) in [6.45, 7) is 4.20. The van der Waals surface area contributed by atoms with Crippen molar-refractivity contribution in [1.82, 2.24) is 5.32 Å². The minimum absolute atomic E-state index is 0.0307. The van der Waals surface area contributed by atoms with E-state index in [4.69, 9.17) is 18.9 Å². The minimum Gasteiger partial charge on any atom is -0.465 e. The van der Waals surface area contributed by atoms with E-state index in [0.29, 0.717) is 52.2 Å². The van der Waals surface area contributed by atoms with E-state index in [-0.39, 0.29) is 49.8 Å². The summed E-state index contributed by atoms with van der Waals surface area (Å²) in [7, 11) is 0. The Labute approximate surface area is 218 Å². The van der Waals surface area contributed by atoms with E-state index < -0.39 is 0 Å². The molecule has 1 amide bonds. The molecule has 0 saturated carbocycles. The summed E-state index contributed by atoms with van der Waals surface area (Å²) in [4.78, 5) is 35.4. The Balaban J connectivity index is 1.19. The average molecular weight is 512 g/mol. The van der Waals surface area contributed by atoms with E-state index in [9.17, 15) is 14.4 Å². The van der Waals surface area contributed by atoms with Gasteiger partial charge in [-0.3, -0.25) is 14.4 Å². The number of hydrogen-bond acceptors (Lipinski definition) is 7. The van der Waals surface area contributed by atoms with E-state index in [2.05, 4.69) is 29.6 Å². The summed E-state index contributed by atoms with van der Waals surface area (Å²) >= 11 is 0. The molecule has 0 aliphatic heterocycles. The molecule has 37 heavy (non-hydrogen) atoms. The van der Waals surface area contributed by atoms with E-state index in [1.54, 1.807) is 0 Å². The monoisotopic (exact) mass is 511 g/mol. The summed E-state index contributed by atoms with van der Waals surface area (Å²) in [5, 5.41) is 2.71. The Morgan fingerprint density at radius 2 is 1.46 bits per heavy atom. The van der Waals surface area contributed by atoms with Gasteiger partial charge in [-0.25, -0.2) is 0 Å². The van der Waals surface area contributed by atoms with Gasteiger partial charge in [0.25, 0.3) is 0 Å². The first-order chi connectivity index (χ1) is 18.1. The van der Waals surface area contributed by atoms with Gasteiger partial charge < -0.3 is 24.3 Å². The van der Waals surface area contributed by atoms with Crippen LogP contribution in [-0.4, -0.2) is 70.5 Å². The van der Waals surface area contributed by atoms with Crippen LogP contribution in [0.1, 0.15) is 49.7 Å². The predicted molar refractivity (Wildman–Crippen MR) is 139 cm³/mol. The molecule has 0 bridgehead atoms. The number of fused-ring (bicyclic) bond motifs is 3. The highest BCUT2D eigenvalue weighted by molar-refractivity contribution is 5.80. The number of Topliss-reactive ketones (excluding diaryl/α,β-unsaturated/α-hetero) is 1. The van der Waals surface area contributed by atoms with E-state index in [1.807, 2.05) is 31.2 Å². The van der Waals surface area contributed by atoms with Gasteiger partial charge >= 0.3 is 5.97 Å². The number of carbonyl (C=O) groups excluding carboxylic acids is 3. The summed E-state index contributed by atoms with van der Waals surface area (Å²) in [6.07, 6.45) is 1.79. The number of amides is 1. The zero-order valence-corrected chi connectivity index (χ0v) is 21.5. The maximum Gasteiger partial charge on any atom is 0.305 e. The number of nitrogens with one attached hydrogen (secondary N) is 1. The molecule has 0 radical (unpaired) electrons. The predicted octanol–water partition coefficient (Wildman–Crippen LogP) is 3.66. The molecule has 0 heterocycles. The fourth-order valence-corrected chi connectivity index (χ4v) is 4.24. The second kappa shape index (κ2) is 15.9. The van der Waals surface area contributed by atoms with Gasteiger partial charge in [0, 0.05) is 38.5 Å². The number of rotatable bonds is 18. The van der Waals surface area contributed by atoms with Gasteiger partial charge in [-0.2, -0.15) is 0 Å². The number of benzene rings is 2. The van der Waals surface area contributed by atoms with Crippen molar-refractivity contribution in [2.75, 3.05) is 52.8 Å². The van der Waals surface area contributed by atoms with Crippen molar-refractivity contribution in [3.63, 3.8) is 0 Å². The van der Waals surface area contributed by atoms with Crippen molar-refractivity contribution >= 4 is 17.7 Å². The lowest BCUT2D eigenvalue weighted by molar-refractivity contribution is -0.144. The van der Waals surface area contributed by atoms with Crippen LogP contribution in [0.15, 0.2) is 48.5 Å². The molecule has 1 aliphatic carbocycles. The Morgan fingerprint density at radius 3 is 2.16 bits per heavy atom. The molecular formula is C29H37NO7. The molecule has 1 aliphatic rings. The maximum absolute atomic E-state index is 12.3. The second-order valence-electron chi connectivity index (χ2n) is 8.81. The number of esters is 1. The van der Waals surface area contributed by atoms with Crippen LogP contribution in [0.5, 0.6) is 0 Å². The van der Waals surface area contributed by atoms with Crippen LogP contribution in [-0.2, 0) is 33.3 Å². The molecule has 200 valence electrons. The lowest BCUT2D eigenvalue weighted by Crippen LogP contribution is -2.29. The molecule has 0 fully saturated rings. The number of ether oxygens (including phenoxy) is 4. The van der Waals surface area contributed by atoms with E-state index >= 15 is 0 Å². The second-order valence-corrected chi connectivity index (χ2v) is 8.81. The highest BCUT2D eigenvalue weighted by Crippen LogP contribution is 2.44. The fourth-order valence-electron chi connectivity index (χ4n) is 4.24. The third-order valence-electron chi connectivity index (χ3n) is 6.07. The Hall–Kier alpha value is -3.07. The first-order valence-corrected chi connectivity index (χ1v) is 13.0. The zero-order chi connectivity index (χ0) is 26.3.